The van der Waals surface area contributed by atoms with Crippen LogP contribution in [0.15, 0.2) is 217 Å². The number of hydrogen-bond donors (Lipinski definition) is 0. The Labute approximate surface area is 335 Å². The molecule has 0 radical (unpaired) electrons. The van der Waals surface area contributed by atoms with Crippen LogP contribution in [-0.4, -0.2) is 0 Å². The van der Waals surface area contributed by atoms with Crippen molar-refractivity contribution in [1.29, 1.82) is 0 Å². The Kier molecular flexibility index (Phi) is 8.04. The Balaban J connectivity index is 1.19. The molecule has 3 heteroatoms. The van der Waals surface area contributed by atoms with Crippen LogP contribution in [0.4, 0.5) is 17.1 Å². The zero-order valence-corrected chi connectivity index (χ0v) is 31.8. The zero-order chi connectivity index (χ0) is 37.7. The topological polar surface area (TPSA) is 16.4 Å². The highest BCUT2D eigenvalue weighted by atomic mass is 32.1. The van der Waals surface area contributed by atoms with Crippen LogP contribution in [-0.2, 0) is 0 Å². The number of nitrogens with zero attached hydrogens (tertiary/aromatic N) is 1. The van der Waals surface area contributed by atoms with E-state index in [4.69, 9.17) is 4.42 Å². The van der Waals surface area contributed by atoms with E-state index in [-0.39, 0.29) is 0 Å². The summed E-state index contributed by atoms with van der Waals surface area (Å²) in [4.78, 5) is 2.44. The summed E-state index contributed by atoms with van der Waals surface area (Å²) in [6, 6.07) is 76.4. The molecule has 9 aromatic carbocycles. The van der Waals surface area contributed by atoms with Gasteiger partial charge in [0.15, 0.2) is 0 Å². The molecule has 11 aromatic rings. The van der Waals surface area contributed by atoms with Gasteiger partial charge in [-0.1, -0.05) is 170 Å². The smallest absolute Gasteiger partial charge is 0.137 e. The van der Waals surface area contributed by atoms with Crippen molar-refractivity contribution < 1.29 is 4.42 Å². The minimum absolute atomic E-state index is 0.859. The summed E-state index contributed by atoms with van der Waals surface area (Å²) < 4.78 is 9.14. The summed E-state index contributed by atoms with van der Waals surface area (Å²) in [7, 11) is 0. The van der Waals surface area contributed by atoms with Gasteiger partial charge in [-0.3, -0.25) is 0 Å². The number of benzene rings is 9. The van der Waals surface area contributed by atoms with Gasteiger partial charge in [-0.05, 0) is 81.4 Å². The number of furan rings is 1. The fourth-order valence-corrected chi connectivity index (χ4v) is 9.79. The van der Waals surface area contributed by atoms with E-state index in [1.54, 1.807) is 0 Å². The van der Waals surface area contributed by atoms with Crippen LogP contribution in [0.2, 0.25) is 0 Å². The molecule has 0 fully saturated rings. The fourth-order valence-electron chi connectivity index (χ4n) is 8.55. The van der Waals surface area contributed by atoms with Crippen molar-refractivity contribution in [1.82, 2.24) is 0 Å². The molecule has 0 aliphatic carbocycles. The Hall–Kier alpha value is -7.20. The van der Waals surface area contributed by atoms with E-state index in [9.17, 15) is 0 Å². The average Bonchev–Trinajstić information content (AvgIpc) is 3.87. The highest BCUT2D eigenvalue weighted by molar-refractivity contribution is 7.26. The summed E-state index contributed by atoms with van der Waals surface area (Å²) in [6.07, 6.45) is 0. The van der Waals surface area contributed by atoms with Crippen molar-refractivity contribution in [3.8, 4) is 44.5 Å². The summed E-state index contributed by atoms with van der Waals surface area (Å²) >= 11 is 1.87. The predicted molar refractivity (Wildman–Crippen MR) is 243 cm³/mol. The van der Waals surface area contributed by atoms with Crippen LogP contribution in [0, 0.1) is 0 Å². The third-order valence-corrected chi connectivity index (χ3v) is 12.3. The second kappa shape index (κ2) is 13.8. The van der Waals surface area contributed by atoms with Crippen molar-refractivity contribution in [3.05, 3.63) is 212 Å². The molecule has 0 unspecified atom stereocenters. The second-order valence-corrected chi connectivity index (χ2v) is 15.4. The van der Waals surface area contributed by atoms with Gasteiger partial charge in [0.05, 0.1) is 16.8 Å². The van der Waals surface area contributed by atoms with Crippen molar-refractivity contribution in [2.24, 2.45) is 0 Å². The molecule has 0 amide bonds. The Bertz CT molecular complexity index is 3230. The molecule has 2 aromatic heterocycles. The van der Waals surface area contributed by atoms with Crippen molar-refractivity contribution in [3.63, 3.8) is 0 Å². The number of thiophene rings is 1. The largest absolute Gasteiger partial charge is 0.456 e. The van der Waals surface area contributed by atoms with Gasteiger partial charge in [-0.25, -0.2) is 0 Å². The van der Waals surface area contributed by atoms with Crippen LogP contribution in [0.3, 0.4) is 0 Å². The number of anilines is 3. The van der Waals surface area contributed by atoms with E-state index in [1.165, 1.54) is 53.6 Å². The van der Waals surface area contributed by atoms with Crippen molar-refractivity contribution in [2.75, 3.05) is 4.90 Å². The first kappa shape index (κ1) is 33.2. The number of hydrogen-bond acceptors (Lipinski definition) is 3. The summed E-state index contributed by atoms with van der Waals surface area (Å²) in [5.41, 5.74) is 14.4. The van der Waals surface area contributed by atoms with Crippen LogP contribution in [0.25, 0.3) is 86.6 Å². The highest BCUT2D eigenvalue weighted by Crippen LogP contribution is 2.50. The minimum atomic E-state index is 0.859. The Morgan fingerprint density at radius 3 is 1.70 bits per heavy atom. The van der Waals surface area contributed by atoms with Gasteiger partial charge in [-0.15, -0.1) is 11.3 Å². The maximum absolute atomic E-state index is 6.52. The number of fused-ring (bicyclic) bond motifs is 6. The van der Waals surface area contributed by atoms with Gasteiger partial charge >= 0.3 is 0 Å². The average molecular weight is 746 g/mol. The first-order valence-electron chi connectivity index (χ1n) is 19.3. The van der Waals surface area contributed by atoms with Gasteiger partial charge in [0, 0.05) is 36.8 Å². The predicted octanol–water partition coefficient (Wildman–Crippen LogP) is 16.1. The molecule has 2 heterocycles. The lowest BCUT2D eigenvalue weighted by atomic mass is 9.87. The van der Waals surface area contributed by atoms with Crippen LogP contribution >= 0.6 is 11.3 Å². The lowest BCUT2D eigenvalue weighted by Crippen LogP contribution is -2.12. The van der Waals surface area contributed by atoms with E-state index in [0.29, 0.717) is 0 Å². The molecule has 0 saturated carbocycles. The minimum Gasteiger partial charge on any atom is -0.456 e. The molecule has 11 rings (SSSR count). The van der Waals surface area contributed by atoms with Crippen LogP contribution in [0.5, 0.6) is 0 Å². The van der Waals surface area contributed by atoms with E-state index >= 15 is 0 Å². The molecule has 0 bridgehead atoms. The van der Waals surface area contributed by atoms with Gasteiger partial charge < -0.3 is 9.32 Å². The molecule has 0 aliphatic heterocycles. The van der Waals surface area contributed by atoms with Gasteiger partial charge in [0.25, 0.3) is 0 Å². The zero-order valence-electron chi connectivity index (χ0n) is 31.0. The first-order valence-corrected chi connectivity index (χ1v) is 20.2. The first-order chi connectivity index (χ1) is 28.3. The van der Waals surface area contributed by atoms with E-state index in [1.807, 2.05) is 17.4 Å². The summed E-state index contributed by atoms with van der Waals surface area (Å²) in [6.45, 7) is 0. The molecule has 2 nitrogen and oxygen atoms in total. The summed E-state index contributed by atoms with van der Waals surface area (Å²) in [5, 5.41) is 4.78. The van der Waals surface area contributed by atoms with Crippen LogP contribution in [0.1, 0.15) is 0 Å². The third-order valence-electron chi connectivity index (χ3n) is 11.1. The molecule has 0 aliphatic rings. The quantitative estimate of drug-likeness (QED) is 0.162. The lowest BCUT2D eigenvalue weighted by molar-refractivity contribution is 0.669. The van der Waals surface area contributed by atoms with E-state index in [2.05, 4.69) is 211 Å². The van der Waals surface area contributed by atoms with Gasteiger partial charge in [0.2, 0.25) is 0 Å². The van der Waals surface area contributed by atoms with Gasteiger partial charge in [-0.2, -0.15) is 0 Å². The Morgan fingerprint density at radius 1 is 0.351 bits per heavy atom. The molecular formula is C54H35NOS. The molecule has 0 saturated heterocycles. The normalized spacial score (nSPS) is 11.5. The van der Waals surface area contributed by atoms with Crippen molar-refractivity contribution in [2.45, 2.75) is 0 Å². The third kappa shape index (κ3) is 5.63. The maximum Gasteiger partial charge on any atom is 0.137 e. The standard InChI is InChI=1S/C54H35NOS/c1-3-16-36(17-4-1)40-20-7-8-22-44(40)52-41(37-18-5-2-6-19-37)24-14-27-47(52)55(48-28-15-30-50-53(48)46-23-9-11-29-49(46)56-50)39-34-32-38(33-35-39)42-25-13-26-45-43-21-10-12-31-51(43)57-54(42)45/h1-35H. The molecule has 0 atom stereocenters. The lowest BCUT2D eigenvalue weighted by Gasteiger charge is -2.30. The monoisotopic (exact) mass is 745 g/mol. The van der Waals surface area contributed by atoms with Crippen molar-refractivity contribution >= 4 is 70.5 Å². The number of rotatable bonds is 7. The molecular weight excluding hydrogens is 711 g/mol. The second-order valence-electron chi connectivity index (χ2n) is 14.4. The molecule has 57 heavy (non-hydrogen) atoms. The Morgan fingerprint density at radius 2 is 0.895 bits per heavy atom. The fraction of sp³-hybridized carbons (Fsp3) is 0. The molecule has 268 valence electrons. The highest BCUT2D eigenvalue weighted by Gasteiger charge is 2.25. The maximum atomic E-state index is 6.52. The van der Waals surface area contributed by atoms with Crippen LogP contribution < -0.4 is 4.90 Å². The number of para-hydroxylation sites is 1. The SMILES string of the molecule is c1ccc(-c2ccccc2-c2c(-c3ccccc3)cccc2N(c2ccc(-c3cccc4c3sc3ccccc34)cc2)c2cccc3oc4ccccc4c23)cc1. The van der Waals surface area contributed by atoms with E-state index in [0.717, 1.165) is 50.1 Å². The summed E-state index contributed by atoms with van der Waals surface area (Å²) in [5.74, 6) is 0. The van der Waals surface area contributed by atoms with E-state index < -0.39 is 0 Å². The van der Waals surface area contributed by atoms with Gasteiger partial charge in [0.1, 0.15) is 11.2 Å². The molecule has 0 spiro atoms. The molecule has 0 N–H and O–H groups in total.